The number of halogens is 9. The number of carboxylic acids is 1. The first-order valence-electron chi connectivity index (χ1n) is 15.9. The van der Waals surface area contributed by atoms with Crippen LogP contribution >= 0.6 is 0 Å². The van der Waals surface area contributed by atoms with E-state index in [9.17, 15) is 49.4 Å². The average molecular weight is 782 g/mol. The maximum atomic E-state index is 14.4. The summed E-state index contributed by atoms with van der Waals surface area (Å²) >= 11 is 0. The zero-order chi connectivity index (χ0) is 39.3. The summed E-state index contributed by atoms with van der Waals surface area (Å²) in [5.74, 6) is -1.90. The van der Waals surface area contributed by atoms with Crippen molar-refractivity contribution in [3.63, 3.8) is 0 Å². The fraction of sp³-hybridized carbons (Fsp3) is 0.361. The van der Waals surface area contributed by atoms with Crippen molar-refractivity contribution in [2.24, 2.45) is 0 Å². The number of aromatic nitrogens is 2. The van der Waals surface area contributed by atoms with E-state index in [1.807, 2.05) is 13.8 Å². The SMILES string of the molecule is COc1ccc(C(C)C)cc1-c1cc(OC)c(C(F)(F)F)cc1CN(Cc1cc(C(F)(F)F)cc(C(F)(F)F)c1)c1ncc(OCCCC(=O)[O-])cn1.[Na+]. The van der Waals surface area contributed by atoms with Crippen molar-refractivity contribution in [1.82, 2.24) is 9.97 Å². The van der Waals surface area contributed by atoms with E-state index in [1.54, 1.807) is 18.2 Å². The van der Waals surface area contributed by atoms with Gasteiger partial charge in [0.05, 0.1) is 49.9 Å². The third-order valence-electron chi connectivity index (χ3n) is 7.98. The molecular formula is C36H33F9N3NaO5. The van der Waals surface area contributed by atoms with Gasteiger partial charge in [0.1, 0.15) is 11.5 Å². The van der Waals surface area contributed by atoms with Gasteiger partial charge >= 0.3 is 48.1 Å². The fourth-order valence-electron chi connectivity index (χ4n) is 5.38. The van der Waals surface area contributed by atoms with Gasteiger partial charge in [0.15, 0.2) is 5.75 Å². The van der Waals surface area contributed by atoms with Crippen LogP contribution in [-0.2, 0) is 36.4 Å². The van der Waals surface area contributed by atoms with E-state index in [4.69, 9.17) is 14.2 Å². The van der Waals surface area contributed by atoms with Gasteiger partial charge in [-0.1, -0.05) is 19.9 Å². The number of carbonyl (C=O) groups excluding carboxylic acids is 1. The summed E-state index contributed by atoms with van der Waals surface area (Å²) in [5.41, 5.74) is -3.68. The smallest absolute Gasteiger partial charge is 0.550 e. The molecule has 0 bridgehead atoms. The number of carboxylic acid groups (broad SMARTS) is 1. The summed E-state index contributed by atoms with van der Waals surface area (Å²) in [5, 5.41) is 10.7. The monoisotopic (exact) mass is 781 g/mol. The number of carbonyl (C=O) groups is 1. The second-order valence-corrected chi connectivity index (χ2v) is 12.1. The van der Waals surface area contributed by atoms with E-state index < -0.39 is 65.6 Å². The molecule has 0 radical (unpaired) electrons. The first-order valence-corrected chi connectivity index (χ1v) is 15.9. The van der Waals surface area contributed by atoms with Crippen molar-refractivity contribution in [2.45, 2.75) is 64.2 Å². The summed E-state index contributed by atoms with van der Waals surface area (Å²) in [6, 6.07) is 7.96. The number of ether oxygens (including phenoxy) is 3. The van der Waals surface area contributed by atoms with Gasteiger partial charge in [-0.2, -0.15) is 39.5 Å². The Kier molecular flexibility index (Phi) is 14.7. The zero-order valence-corrected chi connectivity index (χ0v) is 31.7. The van der Waals surface area contributed by atoms with E-state index in [0.29, 0.717) is 17.7 Å². The van der Waals surface area contributed by atoms with Crippen LogP contribution < -0.4 is 53.8 Å². The first kappa shape index (κ1) is 44.2. The van der Waals surface area contributed by atoms with Crippen LogP contribution in [0.5, 0.6) is 17.2 Å². The van der Waals surface area contributed by atoms with Crippen LogP contribution in [0.2, 0.25) is 0 Å². The first-order chi connectivity index (χ1) is 24.7. The molecule has 54 heavy (non-hydrogen) atoms. The molecule has 0 N–H and O–H groups in total. The van der Waals surface area contributed by atoms with Gasteiger partial charge in [0.2, 0.25) is 5.95 Å². The van der Waals surface area contributed by atoms with Crippen molar-refractivity contribution in [3.8, 4) is 28.4 Å². The van der Waals surface area contributed by atoms with Gasteiger partial charge in [-0.3, -0.25) is 0 Å². The third kappa shape index (κ3) is 11.4. The summed E-state index contributed by atoms with van der Waals surface area (Å²) in [4.78, 5) is 20.1. The molecule has 0 saturated heterocycles. The molecule has 0 aliphatic heterocycles. The molecule has 286 valence electrons. The Hall–Kier alpha value is -4.22. The van der Waals surface area contributed by atoms with Gasteiger partial charge in [-0.15, -0.1) is 0 Å². The molecule has 0 unspecified atom stereocenters. The van der Waals surface area contributed by atoms with Gasteiger partial charge in [0.25, 0.3) is 0 Å². The van der Waals surface area contributed by atoms with Crippen LogP contribution in [0.15, 0.2) is 60.9 Å². The molecule has 4 aromatic rings. The number of hydrogen-bond acceptors (Lipinski definition) is 8. The summed E-state index contributed by atoms with van der Waals surface area (Å²) in [6.45, 7) is 2.40. The molecule has 0 aliphatic carbocycles. The molecule has 18 heteroatoms. The molecule has 0 atom stereocenters. The molecule has 1 heterocycles. The number of rotatable bonds is 14. The van der Waals surface area contributed by atoms with Crippen molar-refractivity contribution in [3.05, 3.63) is 94.3 Å². The minimum Gasteiger partial charge on any atom is -0.550 e. The van der Waals surface area contributed by atoms with E-state index >= 15 is 0 Å². The molecule has 0 amide bonds. The standard InChI is InChI=1S/C36H34F9N3O5.Na/c1-20(2)22-7-8-30(51-3)28(12-22)27-15-31(52-4)29(36(43,44)45)13-23(27)19-48(33-46-16-26(17-47-33)53-9-5-6-32(49)50)18-21-10-24(34(37,38)39)14-25(11-21)35(40,41)42;/h7-8,10-17,20H,5-6,9,18-19H2,1-4H3,(H,49,50);/q;+1/p-1. The summed E-state index contributed by atoms with van der Waals surface area (Å²) in [6.07, 6.45) is -13.3. The molecule has 0 aliphatic rings. The van der Waals surface area contributed by atoms with Crippen molar-refractivity contribution < 1.29 is 93.2 Å². The number of hydrogen-bond donors (Lipinski definition) is 0. The van der Waals surface area contributed by atoms with Crippen molar-refractivity contribution in [1.29, 1.82) is 0 Å². The molecule has 4 rings (SSSR count). The number of nitrogens with zero attached hydrogens (tertiary/aromatic N) is 3. The van der Waals surface area contributed by atoms with Gasteiger partial charge in [-0.05, 0) is 83.5 Å². The minimum absolute atomic E-state index is 0. The predicted molar refractivity (Wildman–Crippen MR) is 172 cm³/mol. The Morgan fingerprint density at radius 2 is 1.37 bits per heavy atom. The van der Waals surface area contributed by atoms with E-state index in [1.165, 1.54) is 7.11 Å². The van der Waals surface area contributed by atoms with Crippen LogP contribution in [0.1, 0.15) is 66.0 Å². The molecule has 3 aromatic carbocycles. The van der Waals surface area contributed by atoms with Crippen LogP contribution in [0.4, 0.5) is 45.5 Å². The van der Waals surface area contributed by atoms with Gasteiger partial charge in [-0.25, -0.2) is 9.97 Å². The van der Waals surface area contributed by atoms with E-state index in [-0.39, 0.29) is 89.6 Å². The molecule has 0 saturated carbocycles. The van der Waals surface area contributed by atoms with Crippen LogP contribution in [0, 0.1) is 0 Å². The number of alkyl halides is 9. The number of methoxy groups -OCH3 is 2. The van der Waals surface area contributed by atoms with E-state index in [0.717, 1.165) is 42.1 Å². The van der Waals surface area contributed by atoms with Crippen molar-refractivity contribution >= 4 is 11.9 Å². The summed E-state index contributed by atoms with van der Waals surface area (Å²) in [7, 11) is 2.40. The Morgan fingerprint density at radius 1 is 0.778 bits per heavy atom. The second-order valence-electron chi connectivity index (χ2n) is 12.1. The molecule has 1 aromatic heterocycles. The molecular weight excluding hydrogens is 748 g/mol. The predicted octanol–water partition coefficient (Wildman–Crippen LogP) is 5.46. The summed E-state index contributed by atoms with van der Waals surface area (Å²) < 4.78 is 142. The topological polar surface area (TPSA) is 96.8 Å². The number of benzene rings is 3. The molecule has 0 fully saturated rings. The Bertz CT molecular complexity index is 1870. The third-order valence-corrected chi connectivity index (χ3v) is 7.98. The quantitative estimate of drug-likeness (QED) is 0.0947. The normalized spacial score (nSPS) is 12.0. The number of aliphatic carboxylic acids is 1. The zero-order valence-electron chi connectivity index (χ0n) is 29.7. The van der Waals surface area contributed by atoms with Crippen LogP contribution in [0.3, 0.4) is 0 Å². The Balaban J connectivity index is 0.00000784. The molecule has 8 nitrogen and oxygen atoms in total. The largest absolute Gasteiger partial charge is 1.00 e. The molecule has 0 spiro atoms. The number of anilines is 1. The Morgan fingerprint density at radius 3 is 1.87 bits per heavy atom. The van der Waals surface area contributed by atoms with Crippen LogP contribution in [-0.4, -0.2) is 36.8 Å². The van der Waals surface area contributed by atoms with Crippen LogP contribution in [0.25, 0.3) is 11.1 Å². The second kappa shape index (κ2) is 17.9. The minimum atomic E-state index is -5.17. The van der Waals surface area contributed by atoms with Gasteiger partial charge < -0.3 is 29.0 Å². The average Bonchev–Trinajstić information content (AvgIpc) is 3.08. The van der Waals surface area contributed by atoms with Crippen molar-refractivity contribution in [2.75, 3.05) is 25.7 Å². The maximum absolute atomic E-state index is 14.4. The Labute approximate surface area is 326 Å². The van der Waals surface area contributed by atoms with E-state index in [2.05, 4.69) is 9.97 Å². The maximum Gasteiger partial charge on any atom is 1.00 e. The van der Waals surface area contributed by atoms with Gasteiger partial charge in [0, 0.05) is 24.6 Å². The fourth-order valence-corrected chi connectivity index (χ4v) is 5.38.